The van der Waals surface area contributed by atoms with Gasteiger partial charge in [-0.15, -0.1) is 11.3 Å². The third-order valence-corrected chi connectivity index (χ3v) is 5.06. The Morgan fingerprint density at radius 3 is 2.83 bits per heavy atom. The molecule has 1 aliphatic rings. The minimum absolute atomic E-state index is 0.0422. The summed E-state index contributed by atoms with van der Waals surface area (Å²) in [7, 11) is 0. The summed E-state index contributed by atoms with van der Waals surface area (Å²) in [6, 6.07) is 1.98. The lowest BCUT2D eigenvalue weighted by Crippen LogP contribution is -2.13. The van der Waals surface area contributed by atoms with Crippen LogP contribution in [0.1, 0.15) is 33.6 Å². The van der Waals surface area contributed by atoms with E-state index in [4.69, 9.17) is 9.84 Å². The molecule has 3 N–H and O–H groups in total. The first kappa shape index (κ1) is 17.1. The summed E-state index contributed by atoms with van der Waals surface area (Å²) in [6.45, 7) is 6.67. The number of rotatable bonds is 7. The maximum Gasteiger partial charge on any atom is 0.224 e. The largest absolute Gasteiger partial charge is 0.395 e. The number of thiazole rings is 1. The Kier molecular flexibility index (Phi) is 5.60. The summed E-state index contributed by atoms with van der Waals surface area (Å²) in [6.07, 6.45) is 0.973. The zero-order chi connectivity index (χ0) is 16.9. The standard InChI is InChI=1S/C16H23N5O2S/c1-10-11(2)24-15(19-10)8-18-14-7-13(12-3-6-23-9-12)20-16(21-14)17-4-5-22/h7,12,22H,3-6,8-9H2,1-2H3,(H2,17,18,20,21)/t12-/m1/s1. The summed E-state index contributed by atoms with van der Waals surface area (Å²) >= 11 is 1.70. The molecule has 1 fully saturated rings. The minimum Gasteiger partial charge on any atom is -0.395 e. The van der Waals surface area contributed by atoms with E-state index in [2.05, 4.69) is 32.5 Å². The van der Waals surface area contributed by atoms with Crippen molar-refractivity contribution in [3.8, 4) is 0 Å². The molecule has 0 radical (unpaired) electrons. The van der Waals surface area contributed by atoms with Gasteiger partial charge in [0.25, 0.3) is 0 Å². The third-order valence-electron chi connectivity index (χ3n) is 3.98. The normalized spacial score (nSPS) is 17.2. The van der Waals surface area contributed by atoms with Crippen molar-refractivity contribution < 1.29 is 9.84 Å². The van der Waals surface area contributed by atoms with E-state index >= 15 is 0 Å². The van der Waals surface area contributed by atoms with Gasteiger partial charge in [-0.3, -0.25) is 0 Å². The zero-order valence-corrected chi connectivity index (χ0v) is 14.8. The van der Waals surface area contributed by atoms with E-state index < -0.39 is 0 Å². The first-order valence-corrected chi connectivity index (χ1v) is 8.95. The fourth-order valence-electron chi connectivity index (χ4n) is 2.56. The average Bonchev–Trinajstić information content (AvgIpc) is 3.21. The summed E-state index contributed by atoms with van der Waals surface area (Å²) in [5, 5.41) is 16.4. The molecule has 2 aromatic heterocycles. The second-order valence-electron chi connectivity index (χ2n) is 5.82. The van der Waals surface area contributed by atoms with E-state index in [9.17, 15) is 0 Å². The van der Waals surface area contributed by atoms with Crippen molar-refractivity contribution in [1.29, 1.82) is 0 Å². The lowest BCUT2D eigenvalue weighted by atomic mass is 10.0. The van der Waals surface area contributed by atoms with Crippen LogP contribution < -0.4 is 10.6 Å². The monoisotopic (exact) mass is 349 g/mol. The van der Waals surface area contributed by atoms with Crippen molar-refractivity contribution in [2.24, 2.45) is 0 Å². The number of aliphatic hydroxyl groups is 1. The van der Waals surface area contributed by atoms with Crippen molar-refractivity contribution in [2.75, 3.05) is 37.0 Å². The molecule has 3 heterocycles. The minimum atomic E-state index is 0.0422. The Morgan fingerprint density at radius 2 is 2.17 bits per heavy atom. The van der Waals surface area contributed by atoms with Crippen molar-refractivity contribution in [3.63, 3.8) is 0 Å². The molecule has 0 bridgehead atoms. The molecule has 3 rings (SSSR count). The maximum atomic E-state index is 9.00. The highest BCUT2D eigenvalue weighted by Crippen LogP contribution is 2.26. The van der Waals surface area contributed by atoms with E-state index in [0.29, 0.717) is 31.6 Å². The highest BCUT2D eigenvalue weighted by atomic mass is 32.1. The zero-order valence-electron chi connectivity index (χ0n) is 14.0. The van der Waals surface area contributed by atoms with E-state index in [1.165, 1.54) is 4.88 Å². The van der Waals surface area contributed by atoms with Crippen LogP contribution in [-0.4, -0.2) is 46.4 Å². The first-order valence-electron chi connectivity index (χ1n) is 8.14. The number of hydrogen-bond acceptors (Lipinski definition) is 8. The molecule has 0 spiro atoms. The Balaban J connectivity index is 1.75. The van der Waals surface area contributed by atoms with Crippen molar-refractivity contribution in [3.05, 3.63) is 27.3 Å². The number of nitrogens with zero attached hydrogens (tertiary/aromatic N) is 3. The second-order valence-corrected chi connectivity index (χ2v) is 7.10. The van der Waals surface area contributed by atoms with E-state index in [1.54, 1.807) is 11.3 Å². The molecule has 2 aromatic rings. The number of aliphatic hydroxyl groups excluding tert-OH is 1. The molecule has 8 heteroatoms. The van der Waals surface area contributed by atoms with Gasteiger partial charge in [-0.1, -0.05) is 0 Å². The molecule has 1 atom stereocenters. The molecule has 0 saturated carbocycles. The van der Waals surface area contributed by atoms with Crippen molar-refractivity contribution in [1.82, 2.24) is 15.0 Å². The molecule has 7 nitrogen and oxygen atoms in total. The van der Waals surface area contributed by atoms with Gasteiger partial charge >= 0.3 is 0 Å². The summed E-state index contributed by atoms with van der Waals surface area (Å²) in [4.78, 5) is 14.8. The van der Waals surface area contributed by atoms with Gasteiger partial charge in [-0.05, 0) is 20.3 Å². The molecule has 130 valence electrons. The SMILES string of the molecule is Cc1nc(CNc2cc([C@@H]3CCOC3)nc(NCCO)n2)sc1C. The van der Waals surface area contributed by atoms with Gasteiger partial charge in [0.05, 0.1) is 31.1 Å². The topological polar surface area (TPSA) is 92.2 Å². The number of hydrogen-bond donors (Lipinski definition) is 3. The van der Waals surface area contributed by atoms with Crippen LogP contribution in [0.25, 0.3) is 0 Å². The lowest BCUT2D eigenvalue weighted by molar-refractivity contribution is 0.193. The van der Waals surface area contributed by atoms with Crippen LogP contribution in [0.15, 0.2) is 6.07 Å². The van der Waals surface area contributed by atoms with Gasteiger partial charge < -0.3 is 20.5 Å². The van der Waals surface area contributed by atoms with E-state index in [-0.39, 0.29) is 6.61 Å². The van der Waals surface area contributed by atoms with Crippen LogP contribution in [0.5, 0.6) is 0 Å². The van der Waals surface area contributed by atoms with Gasteiger partial charge in [0, 0.05) is 30.0 Å². The van der Waals surface area contributed by atoms with Crippen LogP contribution in [-0.2, 0) is 11.3 Å². The summed E-state index contributed by atoms with van der Waals surface area (Å²) in [5.74, 6) is 1.59. The van der Waals surface area contributed by atoms with Crippen LogP contribution in [0, 0.1) is 13.8 Å². The third kappa shape index (κ3) is 4.19. The predicted molar refractivity (Wildman–Crippen MR) is 94.7 cm³/mol. The fourth-order valence-corrected chi connectivity index (χ4v) is 3.43. The average molecular weight is 349 g/mol. The molecule has 0 aliphatic carbocycles. The number of aromatic nitrogens is 3. The van der Waals surface area contributed by atoms with Crippen LogP contribution >= 0.6 is 11.3 Å². The van der Waals surface area contributed by atoms with Crippen molar-refractivity contribution >= 4 is 23.1 Å². The Labute approximate surface area is 145 Å². The number of ether oxygens (including phenoxy) is 1. The first-order chi connectivity index (χ1) is 11.7. The number of aryl methyl sites for hydroxylation is 2. The fraction of sp³-hybridized carbons (Fsp3) is 0.562. The van der Waals surface area contributed by atoms with Gasteiger partial charge in [0.1, 0.15) is 10.8 Å². The van der Waals surface area contributed by atoms with E-state index in [1.807, 2.05) is 13.0 Å². The molecule has 1 aliphatic heterocycles. The van der Waals surface area contributed by atoms with Gasteiger partial charge in [0.2, 0.25) is 5.95 Å². The van der Waals surface area contributed by atoms with Gasteiger partial charge in [-0.25, -0.2) is 9.97 Å². The summed E-state index contributed by atoms with van der Waals surface area (Å²) < 4.78 is 5.47. The quantitative estimate of drug-likeness (QED) is 0.705. The van der Waals surface area contributed by atoms with Gasteiger partial charge in [0.15, 0.2) is 0 Å². The van der Waals surface area contributed by atoms with Crippen LogP contribution in [0.4, 0.5) is 11.8 Å². The molecule has 0 amide bonds. The maximum absolute atomic E-state index is 9.00. The Bertz CT molecular complexity index is 666. The number of anilines is 2. The highest BCUT2D eigenvalue weighted by Gasteiger charge is 2.20. The molecule has 1 saturated heterocycles. The molecular weight excluding hydrogens is 326 g/mol. The smallest absolute Gasteiger partial charge is 0.224 e. The predicted octanol–water partition coefficient (Wildman–Crippen LogP) is 2.07. The Hall–Kier alpha value is -1.77. The molecule has 0 unspecified atom stereocenters. The van der Waals surface area contributed by atoms with Crippen LogP contribution in [0.2, 0.25) is 0 Å². The van der Waals surface area contributed by atoms with E-state index in [0.717, 1.165) is 35.2 Å². The summed E-state index contributed by atoms with van der Waals surface area (Å²) in [5.41, 5.74) is 2.05. The molecule has 0 aromatic carbocycles. The molecule has 24 heavy (non-hydrogen) atoms. The highest BCUT2D eigenvalue weighted by molar-refractivity contribution is 7.11. The number of nitrogens with one attached hydrogen (secondary N) is 2. The van der Waals surface area contributed by atoms with Gasteiger partial charge in [-0.2, -0.15) is 4.98 Å². The second kappa shape index (κ2) is 7.87. The Morgan fingerprint density at radius 1 is 1.29 bits per heavy atom. The lowest BCUT2D eigenvalue weighted by Gasteiger charge is -2.13. The molecular formula is C16H23N5O2S. The van der Waals surface area contributed by atoms with Crippen LogP contribution in [0.3, 0.4) is 0 Å². The van der Waals surface area contributed by atoms with Crippen molar-refractivity contribution in [2.45, 2.75) is 32.7 Å².